The average Bonchev–Trinajstić information content (AvgIpc) is 2.99. The van der Waals surface area contributed by atoms with Crippen molar-refractivity contribution < 1.29 is 18.2 Å². The molecule has 0 N–H and O–H groups in total. The van der Waals surface area contributed by atoms with Gasteiger partial charge >= 0.3 is 0 Å². The van der Waals surface area contributed by atoms with Gasteiger partial charge in [-0.05, 0) is 61.0 Å². The molecule has 0 saturated carbocycles. The molecule has 0 atom stereocenters. The van der Waals surface area contributed by atoms with E-state index in [0.29, 0.717) is 21.2 Å². The van der Waals surface area contributed by atoms with Crippen LogP contribution in [0.2, 0.25) is 0 Å². The van der Waals surface area contributed by atoms with Gasteiger partial charge in [-0.3, -0.25) is 18.2 Å². The maximum atomic E-state index is 15.0. The Morgan fingerprint density at radius 1 is 0.462 bits per heavy atom. The fourth-order valence-electron chi connectivity index (χ4n) is 4.60. The van der Waals surface area contributed by atoms with Crippen LogP contribution in [0.1, 0.15) is 12.5 Å². The van der Waals surface area contributed by atoms with E-state index < -0.39 is 20.5 Å². The van der Waals surface area contributed by atoms with Crippen molar-refractivity contribution >= 4 is 36.0 Å². The highest BCUT2D eigenvalue weighted by Crippen LogP contribution is 2.55. The highest BCUT2D eigenvalue weighted by molar-refractivity contribution is 7.75. The molecule has 4 nitrogen and oxygen atoms in total. The third-order valence-electron chi connectivity index (χ3n) is 6.40. The molecule has 6 heteroatoms. The quantitative estimate of drug-likeness (QED) is 0.141. The maximum absolute atomic E-state index is 15.0. The lowest BCUT2D eigenvalue weighted by atomic mass is 10.1. The summed E-state index contributed by atoms with van der Waals surface area (Å²) < 4.78 is 43.4. The summed E-state index contributed by atoms with van der Waals surface area (Å²) >= 11 is 0. The first-order valence-electron chi connectivity index (χ1n) is 12.8. The summed E-state index contributed by atoms with van der Waals surface area (Å²) in [7, 11) is -7.40. The van der Waals surface area contributed by atoms with Gasteiger partial charge in [-0.15, -0.1) is 0 Å². The Balaban J connectivity index is 1.67. The third-order valence-corrected chi connectivity index (χ3v) is 11.6. The number of benzene rings is 5. The van der Waals surface area contributed by atoms with Crippen LogP contribution in [0.5, 0.6) is 0 Å². The van der Waals surface area contributed by atoms with Gasteiger partial charge in [-0.25, -0.2) is 0 Å². The Kier molecular flexibility index (Phi) is 8.12. The Morgan fingerprint density at radius 2 is 0.718 bits per heavy atom. The molecule has 0 heterocycles. The van der Waals surface area contributed by atoms with E-state index in [9.17, 15) is 9.13 Å². The molecule has 0 spiro atoms. The van der Waals surface area contributed by atoms with Gasteiger partial charge in [0.2, 0.25) is 0 Å². The van der Waals surface area contributed by atoms with Crippen molar-refractivity contribution in [2.75, 3.05) is 0 Å². The number of rotatable bonds is 10. The van der Waals surface area contributed by atoms with Crippen molar-refractivity contribution in [3.8, 4) is 0 Å². The molecule has 0 bridgehead atoms. The fourth-order valence-corrected chi connectivity index (χ4v) is 9.22. The van der Waals surface area contributed by atoms with Crippen LogP contribution >= 0.6 is 14.7 Å². The normalized spacial score (nSPS) is 12.2. The van der Waals surface area contributed by atoms with Crippen LogP contribution in [-0.2, 0) is 24.6 Å². The first-order chi connectivity index (χ1) is 18.9. The van der Waals surface area contributed by atoms with Gasteiger partial charge < -0.3 is 0 Å². The minimum Gasteiger partial charge on any atom is -0.288 e. The summed E-state index contributed by atoms with van der Waals surface area (Å²) in [5, 5.41) is 2.14. The zero-order chi connectivity index (χ0) is 27.2. The van der Waals surface area contributed by atoms with E-state index in [1.807, 2.05) is 103 Å². The molecule has 0 aliphatic carbocycles. The number of hydrogen-bond donors (Lipinski definition) is 0. The SMILES string of the molecule is CC(Cc1ccccc1)(OP(=O)(c1ccccc1)c1ccccc1)OP(=O)(c1ccccc1)c1ccccc1. The van der Waals surface area contributed by atoms with Gasteiger partial charge in [0.05, 0.1) is 0 Å². The van der Waals surface area contributed by atoms with Gasteiger partial charge in [0, 0.05) is 27.6 Å². The van der Waals surface area contributed by atoms with Crippen LogP contribution in [0, 0.1) is 0 Å². The molecular formula is C33H30O4P2. The lowest BCUT2D eigenvalue weighted by Gasteiger charge is -2.37. The fraction of sp³-hybridized carbons (Fsp3) is 0.0909. The second-order valence-electron chi connectivity index (χ2n) is 9.42. The summed E-state index contributed by atoms with van der Waals surface area (Å²) in [6.45, 7) is 1.73. The van der Waals surface area contributed by atoms with Gasteiger partial charge in [0.15, 0.2) is 5.79 Å². The zero-order valence-corrected chi connectivity index (χ0v) is 23.5. The average molecular weight is 553 g/mol. The predicted octanol–water partition coefficient (Wildman–Crippen LogP) is 6.84. The van der Waals surface area contributed by atoms with Crippen LogP contribution in [0.4, 0.5) is 0 Å². The van der Waals surface area contributed by atoms with Crippen LogP contribution in [0.15, 0.2) is 152 Å². The molecule has 5 aromatic rings. The molecule has 0 aromatic heterocycles. The second kappa shape index (κ2) is 11.7. The topological polar surface area (TPSA) is 52.6 Å². The summed E-state index contributed by atoms with van der Waals surface area (Å²) in [5.74, 6) is -1.54. The van der Waals surface area contributed by atoms with Crippen molar-refractivity contribution in [1.29, 1.82) is 0 Å². The van der Waals surface area contributed by atoms with E-state index in [0.717, 1.165) is 5.56 Å². The van der Waals surface area contributed by atoms with E-state index >= 15 is 0 Å². The minimum atomic E-state index is -3.70. The molecule has 0 unspecified atom stereocenters. The first kappa shape index (κ1) is 27.1. The molecular weight excluding hydrogens is 522 g/mol. The summed E-state index contributed by atoms with van der Waals surface area (Å²) in [6.07, 6.45) is 0.223. The van der Waals surface area contributed by atoms with Crippen LogP contribution in [0.25, 0.3) is 0 Å². The molecule has 39 heavy (non-hydrogen) atoms. The molecule has 0 amide bonds. The summed E-state index contributed by atoms with van der Waals surface area (Å²) in [5.41, 5.74) is 0.903. The summed E-state index contributed by atoms with van der Waals surface area (Å²) in [4.78, 5) is 0. The van der Waals surface area contributed by atoms with E-state index in [4.69, 9.17) is 9.05 Å². The Labute approximate surface area is 230 Å². The molecule has 0 aliphatic rings. The van der Waals surface area contributed by atoms with Crippen LogP contribution < -0.4 is 21.2 Å². The number of hydrogen-bond acceptors (Lipinski definition) is 4. The van der Waals surface area contributed by atoms with Crippen molar-refractivity contribution in [1.82, 2.24) is 0 Å². The minimum absolute atomic E-state index is 0.223. The van der Waals surface area contributed by atoms with E-state index in [-0.39, 0.29) is 6.42 Å². The lowest BCUT2D eigenvalue weighted by molar-refractivity contribution is -0.0880. The highest BCUT2D eigenvalue weighted by atomic mass is 31.2. The van der Waals surface area contributed by atoms with Crippen molar-refractivity contribution in [3.63, 3.8) is 0 Å². The van der Waals surface area contributed by atoms with E-state index in [1.54, 1.807) is 55.5 Å². The van der Waals surface area contributed by atoms with Gasteiger partial charge in [0.25, 0.3) is 14.7 Å². The highest BCUT2D eigenvalue weighted by Gasteiger charge is 2.45. The lowest BCUT2D eigenvalue weighted by Crippen LogP contribution is -2.39. The van der Waals surface area contributed by atoms with Crippen LogP contribution in [0.3, 0.4) is 0 Å². The van der Waals surface area contributed by atoms with Gasteiger partial charge in [-0.2, -0.15) is 0 Å². The molecule has 5 rings (SSSR count). The predicted molar refractivity (Wildman–Crippen MR) is 160 cm³/mol. The standard InChI is InChI=1S/C33H30O4P2/c1-33(27-28-17-7-2-8-18-28,36-38(34,29-19-9-3-10-20-29)30-21-11-4-12-22-30)37-39(35,31-23-13-5-14-24-31)32-25-15-6-16-26-32/h2-26H,27H2,1H3. The second-order valence-corrected chi connectivity index (χ2v) is 14.1. The Bertz CT molecular complexity index is 1390. The first-order valence-corrected chi connectivity index (χ1v) is 16.0. The monoisotopic (exact) mass is 552 g/mol. The van der Waals surface area contributed by atoms with Gasteiger partial charge in [-0.1, -0.05) is 103 Å². The van der Waals surface area contributed by atoms with Crippen molar-refractivity contribution in [2.45, 2.75) is 19.1 Å². The maximum Gasteiger partial charge on any atom is 0.263 e. The molecule has 0 aliphatic heterocycles. The molecule has 0 saturated heterocycles. The zero-order valence-electron chi connectivity index (χ0n) is 21.7. The van der Waals surface area contributed by atoms with Crippen molar-refractivity contribution in [3.05, 3.63) is 157 Å². The Morgan fingerprint density at radius 3 is 1.00 bits per heavy atom. The third kappa shape index (κ3) is 6.06. The molecule has 196 valence electrons. The summed E-state index contributed by atoms with van der Waals surface area (Å²) in [6, 6.07) is 46.2. The van der Waals surface area contributed by atoms with Gasteiger partial charge in [0.1, 0.15) is 0 Å². The molecule has 0 radical (unpaired) electrons. The molecule has 5 aromatic carbocycles. The van der Waals surface area contributed by atoms with Crippen LogP contribution in [-0.4, -0.2) is 5.79 Å². The smallest absolute Gasteiger partial charge is 0.263 e. The van der Waals surface area contributed by atoms with Crippen molar-refractivity contribution in [2.24, 2.45) is 0 Å². The molecule has 0 fully saturated rings. The van der Waals surface area contributed by atoms with E-state index in [2.05, 4.69) is 0 Å². The largest absolute Gasteiger partial charge is 0.288 e. The van der Waals surface area contributed by atoms with E-state index in [1.165, 1.54) is 0 Å². The Hall–Kier alpha value is -3.52.